The van der Waals surface area contributed by atoms with Crippen LogP contribution in [0.3, 0.4) is 0 Å². The summed E-state index contributed by atoms with van der Waals surface area (Å²) in [6, 6.07) is 15.3. The molecule has 0 bridgehead atoms. The van der Waals surface area contributed by atoms with Crippen LogP contribution in [0.25, 0.3) is 0 Å². The monoisotopic (exact) mass is 697 g/mol. The quantitative estimate of drug-likeness (QED) is 0.217. The van der Waals surface area contributed by atoms with Gasteiger partial charge < -0.3 is 15.0 Å². The molecule has 1 N–H and O–H groups in total. The van der Waals surface area contributed by atoms with E-state index < -0.39 is 28.5 Å². The first-order valence-electron chi connectivity index (χ1n) is 13.4. The van der Waals surface area contributed by atoms with E-state index in [9.17, 15) is 18.0 Å². The van der Waals surface area contributed by atoms with Crippen LogP contribution in [-0.2, 0) is 26.2 Å². The van der Waals surface area contributed by atoms with Gasteiger partial charge in [0.1, 0.15) is 18.3 Å². The van der Waals surface area contributed by atoms with Gasteiger partial charge in [0.25, 0.3) is 10.0 Å². The lowest BCUT2D eigenvalue weighted by molar-refractivity contribution is -0.140. The number of amides is 2. The maximum absolute atomic E-state index is 14.1. The highest BCUT2D eigenvalue weighted by atomic mass is 79.9. The van der Waals surface area contributed by atoms with E-state index in [1.807, 2.05) is 13.8 Å². The molecule has 12 heteroatoms. The fourth-order valence-electron chi connectivity index (χ4n) is 4.29. The summed E-state index contributed by atoms with van der Waals surface area (Å²) in [5.74, 6) is -0.420. The number of rotatable bonds is 13. The molecule has 226 valence electrons. The van der Waals surface area contributed by atoms with Crippen LogP contribution < -0.4 is 14.4 Å². The van der Waals surface area contributed by atoms with Gasteiger partial charge in [0.15, 0.2) is 0 Å². The number of ether oxygens (including phenoxy) is 1. The van der Waals surface area contributed by atoms with E-state index in [1.54, 1.807) is 49.4 Å². The van der Waals surface area contributed by atoms with Crippen molar-refractivity contribution >= 4 is 66.7 Å². The Labute approximate surface area is 266 Å². The summed E-state index contributed by atoms with van der Waals surface area (Å²) in [4.78, 5) is 28.7. The number of hydrogen-bond acceptors (Lipinski definition) is 5. The zero-order chi connectivity index (χ0) is 31.0. The normalized spacial score (nSPS) is 12.0. The lowest BCUT2D eigenvalue weighted by Crippen LogP contribution is -2.52. The van der Waals surface area contributed by atoms with E-state index in [2.05, 4.69) is 21.2 Å². The molecule has 1 atom stereocenters. The van der Waals surface area contributed by atoms with Crippen molar-refractivity contribution in [2.24, 2.45) is 0 Å². The molecular weight excluding hydrogens is 665 g/mol. The number of halogens is 3. The molecule has 42 heavy (non-hydrogen) atoms. The van der Waals surface area contributed by atoms with Gasteiger partial charge in [-0.3, -0.25) is 13.9 Å². The van der Waals surface area contributed by atoms with Gasteiger partial charge in [-0.05, 0) is 83.7 Å². The number of nitrogens with zero attached hydrogens (tertiary/aromatic N) is 2. The number of carbonyl (C=O) groups excluding carboxylic acids is 2. The second-order valence-corrected chi connectivity index (χ2v) is 13.2. The van der Waals surface area contributed by atoms with Crippen molar-refractivity contribution in [3.63, 3.8) is 0 Å². The van der Waals surface area contributed by atoms with Gasteiger partial charge in [0.05, 0.1) is 32.2 Å². The maximum Gasteiger partial charge on any atom is 0.264 e. The summed E-state index contributed by atoms with van der Waals surface area (Å²) in [7, 11) is -2.75. The Morgan fingerprint density at radius 1 is 1.00 bits per heavy atom. The van der Waals surface area contributed by atoms with Gasteiger partial charge in [-0.2, -0.15) is 0 Å². The SMILES string of the molecule is CCCNC(=O)[C@@H](CC)N(Cc1ccc(Cl)c(Cl)c1)C(=O)CN(c1ccc(C)cc1)S(=O)(=O)c1ccc(OC)c(Br)c1. The van der Waals surface area contributed by atoms with Crippen molar-refractivity contribution in [3.8, 4) is 5.75 Å². The van der Waals surface area contributed by atoms with Crippen LogP contribution in [0.4, 0.5) is 5.69 Å². The zero-order valence-electron chi connectivity index (χ0n) is 23.9. The van der Waals surface area contributed by atoms with Crippen LogP contribution in [-0.4, -0.2) is 51.4 Å². The van der Waals surface area contributed by atoms with E-state index >= 15 is 0 Å². The minimum atomic E-state index is -4.23. The van der Waals surface area contributed by atoms with Crippen LogP contribution in [0.15, 0.2) is 70.0 Å². The van der Waals surface area contributed by atoms with E-state index in [-0.39, 0.29) is 17.3 Å². The van der Waals surface area contributed by atoms with Crippen LogP contribution >= 0.6 is 39.1 Å². The molecule has 0 fully saturated rings. The molecule has 3 rings (SSSR count). The molecule has 0 aliphatic rings. The summed E-state index contributed by atoms with van der Waals surface area (Å²) in [5, 5.41) is 3.52. The molecule has 0 unspecified atom stereocenters. The first-order chi connectivity index (χ1) is 19.9. The number of sulfonamides is 1. The van der Waals surface area contributed by atoms with E-state index in [0.717, 1.165) is 16.3 Å². The number of methoxy groups -OCH3 is 1. The standard InChI is InChI=1S/C30H34BrCl2N3O5S/c1-5-15-34-30(38)27(6-2)35(18-21-9-13-25(32)26(33)16-21)29(37)19-36(22-10-7-20(3)8-11-22)42(39,40)23-12-14-28(41-4)24(31)17-23/h7-14,16-17,27H,5-6,15,18-19H2,1-4H3,(H,34,38)/t27-/m1/s1. The Kier molecular flexibility index (Phi) is 12.1. The van der Waals surface area contributed by atoms with Gasteiger partial charge in [0, 0.05) is 13.1 Å². The molecule has 8 nitrogen and oxygen atoms in total. The van der Waals surface area contributed by atoms with Gasteiger partial charge in [0.2, 0.25) is 11.8 Å². The number of carbonyl (C=O) groups is 2. The predicted octanol–water partition coefficient (Wildman–Crippen LogP) is 6.60. The Balaban J connectivity index is 2.08. The Morgan fingerprint density at radius 3 is 2.26 bits per heavy atom. The van der Waals surface area contributed by atoms with Crippen molar-refractivity contribution < 1.29 is 22.7 Å². The lowest BCUT2D eigenvalue weighted by Gasteiger charge is -2.33. The number of aryl methyl sites for hydroxylation is 1. The van der Waals surface area contributed by atoms with Crippen LogP contribution in [0, 0.1) is 6.92 Å². The molecule has 0 aliphatic carbocycles. The van der Waals surface area contributed by atoms with Crippen molar-refractivity contribution in [2.75, 3.05) is 24.5 Å². The first kappa shape index (κ1) is 33.7. The van der Waals surface area contributed by atoms with Crippen LogP contribution in [0.1, 0.15) is 37.8 Å². The fraction of sp³-hybridized carbons (Fsp3) is 0.333. The van der Waals surface area contributed by atoms with E-state index in [0.29, 0.717) is 44.5 Å². The molecule has 0 saturated heterocycles. The summed E-state index contributed by atoms with van der Waals surface area (Å²) in [6.07, 6.45) is 1.03. The molecule has 0 aliphatic heterocycles. The Morgan fingerprint density at radius 2 is 1.69 bits per heavy atom. The molecule has 0 spiro atoms. The largest absolute Gasteiger partial charge is 0.496 e. The van der Waals surface area contributed by atoms with Crippen molar-refractivity contribution in [1.29, 1.82) is 0 Å². The van der Waals surface area contributed by atoms with E-state index in [1.165, 1.54) is 30.2 Å². The summed E-state index contributed by atoms with van der Waals surface area (Å²) in [6.45, 7) is 5.53. The second kappa shape index (κ2) is 15.1. The minimum absolute atomic E-state index is 0.0175. The average molecular weight is 699 g/mol. The molecule has 2 amide bonds. The van der Waals surface area contributed by atoms with Crippen molar-refractivity contribution in [1.82, 2.24) is 10.2 Å². The molecule has 0 saturated carbocycles. The Hall–Kier alpha value is -2.79. The predicted molar refractivity (Wildman–Crippen MR) is 171 cm³/mol. The van der Waals surface area contributed by atoms with Gasteiger partial charge in [-0.25, -0.2) is 8.42 Å². The average Bonchev–Trinajstić information content (AvgIpc) is 2.96. The highest BCUT2D eigenvalue weighted by Gasteiger charge is 2.34. The molecular formula is C30H34BrCl2N3O5S. The molecule has 0 radical (unpaired) electrons. The van der Waals surface area contributed by atoms with Gasteiger partial charge in [-0.15, -0.1) is 0 Å². The minimum Gasteiger partial charge on any atom is -0.496 e. The highest BCUT2D eigenvalue weighted by molar-refractivity contribution is 9.10. The highest BCUT2D eigenvalue weighted by Crippen LogP contribution is 2.31. The molecule has 0 aromatic heterocycles. The molecule has 3 aromatic carbocycles. The maximum atomic E-state index is 14.1. The summed E-state index contributed by atoms with van der Waals surface area (Å²) >= 11 is 15.7. The molecule has 0 heterocycles. The van der Waals surface area contributed by atoms with Crippen LogP contribution in [0.2, 0.25) is 10.0 Å². The third-order valence-electron chi connectivity index (χ3n) is 6.58. The second-order valence-electron chi connectivity index (χ2n) is 9.63. The fourth-order valence-corrected chi connectivity index (χ4v) is 6.75. The first-order valence-corrected chi connectivity index (χ1v) is 16.4. The third kappa shape index (κ3) is 8.18. The van der Waals surface area contributed by atoms with Crippen LogP contribution in [0.5, 0.6) is 5.75 Å². The zero-order valence-corrected chi connectivity index (χ0v) is 27.8. The number of benzene rings is 3. The summed E-state index contributed by atoms with van der Waals surface area (Å²) in [5.41, 5.74) is 1.87. The molecule has 3 aromatic rings. The number of anilines is 1. The topological polar surface area (TPSA) is 96.0 Å². The van der Waals surface area contributed by atoms with Gasteiger partial charge >= 0.3 is 0 Å². The smallest absolute Gasteiger partial charge is 0.264 e. The van der Waals surface area contributed by atoms with E-state index in [4.69, 9.17) is 27.9 Å². The summed E-state index contributed by atoms with van der Waals surface area (Å²) < 4.78 is 34.9. The van der Waals surface area contributed by atoms with Crippen molar-refractivity contribution in [2.45, 2.75) is 51.1 Å². The number of nitrogens with one attached hydrogen (secondary N) is 1. The van der Waals surface area contributed by atoms with Crippen molar-refractivity contribution in [3.05, 3.63) is 86.3 Å². The Bertz CT molecular complexity index is 1520. The van der Waals surface area contributed by atoms with Gasteiger partial charge in [-0.1, -0.05) is 60.8 Å². The number of hydrogen-bond donors (Lipinski definition) is 1. The lowest BCUT2D eigenvalue weighted by atomic mass is 10.1. The third-order valence-corrected chi connectivity index (χ3v) is 9.71.